The molecule has 3 heteroatoms. The first-order chi connectivity index (χ1) is 4.75. The van der Waals surface area contributed by atoms with Gasteiger partial charge in [-0.25, -0.2) is 0 Å². The second-order valence-corrected chi connectivity index (χ2v) is 3.00. The fourth-order valence-electron chi connectivity index (χ4n) is 1.36. The smallest absolute Gasteiger partial charge is 0.0620 e. The molecule has 60 valence electrons. The van der Waals surface area contributed by atoms with Crippen molar-refractivity contribution in [2.75, 3.05) is 13.7 Å². The molecule has 1 saturated heterocycles. The van der Waals surface area contributed by atoms with E-state index in [0.29, 0.717) is 18.1 Å². The van der Waals surface area contributed by atoms with E-state index in [4.69, 9.17) is 0 Å². The molecule has 3 unspecified atom stereocenters. The van der Waals surface area contributed by atoms with Crippen LogP contribution in [-0.2, 0) is 0 Å². The Bertz CT molecular complexity index is 105. The van der Waals surface area contributed by atoms with Gasteiger partial charge < -0.3 is 10.6 Å². The Kier molecular flexibility index (Phi) is 2.65. The molecule has 3 nitrogen and oxygen atoms in total. The third-order valence-corrected chi connectivity index (χ3v) is 2.37. The molecule has 1 aliphatic rings. The third-order valence-electron chi connectivity index (χ3n) is 2.37. The number of nitrogens with one attached hydrogen (secondary N) is 3. The normalized spacial score (nSPS) is 41.7. The average Bonchev–Trinajstić information content (AvgIpc) is 1.95. The minimum Gasteiger partial charge on any atom is -0.305 e. The standard InChI is InChI=1S/C7H17N3/c1-5-6(2)9-4-10-7(5)8-3/h5-10H,4H2,1-3H3. The van der Waals surface area contributed by atoms with Gasteiger partial charge in [0.05, 0.1) is 6.17 Å². The van der Waals surface area contributed by atoms with E-state index in [9.17, 15) is 0 Å². The highest BCUT2D eigenvalue weighted by Gasteiger charge is 2.24. The number of hydrogen-bond donors (Lipinski definition) is 3. The molecule has 0 bridgehead atoms. The monoisotopic (exact) mass is 143 g/mol. The average molecular weight is 143 g/mol. The van der Waals surface area contributed by atoms with Crippen LogP contribution < -0.4 is 16.0 Å². The van der Waals surface area contributed by atoms with Crippen molar-refractivity contribution in [3.8, 4) is 0 Å². The minimum atomic E-state index is 0.469. The van der Waals surface area contributed by atoms with Crippen LogP contribution in [0, 0.1) is 5.92 Å². The summed E-state index contributed by atoms with van der Waals surface area (Å²) in [6, 6.07) is 0.610. The van der Waals surface area contributed by atoms with Crippen LogP contribution in [0.25, 0.3) is 0 Å². The molecular formula is C7H17N3. The first-order valence-electron chi connectivity index (χ1n) is 3.89. The van der Waals surface area contributed by atoms with Crippen LogP contribution in [0.1, 0.15) is 13.8 Å². The zero-order valence-corrected chi connectivity index (χ0v) is 6.94. The van der Waals surface area contributed by atoms with E-state index < -0.39 is 0 Å². The van der Waals surface area contributed by atoms with Crippen LogP contribution in [0.15, 0.2) is 0 Å². The van der Waals surface area contributed by atoms with Crippen LogP contribution in [0.4, 0.5) is 0 Å². The predicted molar refractivity (Wildman–Crippen MR) is 42.6 cm³/mol. The first kappa shape index (κ1) is 7.98. The lowest BCUT2D eigenvalue weighted by molar-refractivity contribution is 0.214. The summed E-state index contributed by atoms with van der Waals surface area (Å²) in [4.78, 5) is 0. The Morgan fingerprint density at radius 2 is 2.00 bits per heavy atom. The third kappa shape index (κ3) is 1.48. The van der Waals surface area contributed by atoms with Crippen LogP contribution >= 0.6 is 0 Å². The number of hydrogen-bond acceptors (Lipinski definition) is 3. The molecule has 0 amide bonds. The van der Waals surface area contributed by atoms with Gasteiger partial charge in [0, 0.05) is 12.7 Å². The molecule has 0 aromatic carbocycles. The second-order valence-electron chi connectivity index (χ2n) is 3.00. The minimum absolute atomic E-state index is 0.469. The van der Waals surface area contributed by atoms with Crippen LogP contribution in [0.2, 0.25) is 0 Å². The van der Waals surface area contributed by atoms with E-state index in [0.717, 1.165) is 6.67 Å². The lowest BCUT2D eigenvalue weighted by atomic mass is 9.98. The molecule has 3 atom stereocenters. The molecule has 3 N–H and O–H groups in total. The molecule has 0 aliphatic carbocycles. The van der Waals surface area contributed by atoms with Gasteiger partial charge in [-0.2, -0.15) is 0 Å². The summed E-state index contributed by atoms with van der Waals surface area (Å²) in [5.74, 6) is 0.652. The maximum absolute atomic E-state index is 3.34. The molecule has 0 radical (unpaired) electrons. The zero-order chi connectivity index (χ0) is 7.56. The van der Waals surface area contributed by atoms with Gasteiger partial charge in [-0.15, -0.1) is 0 Å². The van der Waals surface area contributed by atoms with Crippen molar-refractivity contribution >= 4 is 0 Å². The molecule has 1 rings (SSSR count). The Labute approximate surface area is 62.6 Å². The summed E-state index contributed by atoms with van der Waals surface area (Å²) in [5.41, 5.74) is 0. The molecule has 0 aromatic rings. The fourth-order valence-corrected chi connectivity index (χ4v) is 1.36. The van der Waals surface area contributed by atoms with E-state index in [1.807, 2.05) is 7.05 Å². The second kappa shape index (κ2) is 3.32. The molecule has 1 heterocycles. The van der Waals surface area contributed by atoms with Gasteiger partial charge in [0.25, 0.3) is 0 Å². The topological polar surface area (TPSA) is 36.1 Å². The first-order valence-corrected chi connectivity index (χ1v) is 3.89. The van der Waals surface area contributed by atoms with E-state index in [2.05, 4.69) is 29.8 Å². The molecule has 1 aliphatic heterocycles. The van der Waals surface area contributed by atoms with E-state index in [1.165, 1.54) is 0 Å². The molecule has 1 fully saturated rings. The molecule has 0 saturated carbocycles. The fraction of sp³-hybridized carbons (Fsp3) is 1.00. The van der Waals surface area contributed by atoms with E-state index in [1.54, 1.807) is 0 Å². The number of rotatable bonds is 1. The van der Waals surface area contributed by atoms with Crippen molar-refractivity contribution in [3.05, 3.63) is 0 Å². The molecule has 10 heavy (non-hydrogen) atoms. The van der Waals surface area contributed by atoms with Crippen molar-refractivity contribution in [2.24, 2.45) is 5.92 Å². The van der Waals surface area contributed by atoms with Crippen molar-refractivity contribution < 1.29 is 0 Å². The van der Waals surface area contributed by atoms with Crippen LogP contribution in [-0.4, -0.2) is 25.9 Å². The maximum atomic E-state index is 3.34. The Hall–Kier alpha value is -0.120. The van der Waals surface area contributed by atoms with Gasteiger partial charge in [-0.3, -0.25) is 5.32 Å². The highest BCUT2D eigenvalue weighted by atomic mass is 15.2. The highest BCUT2D eigenvalue weighted by molar-refractivity contribution is 4.82. The van der Waals surface area contributed by atoms with E-state index in [-0.39, 0.29) is 0 Å². The SMILES string of the molecule is CNC1NCNC(C)C1C. The van der Waals surface area contributed by atoms with Crippen LogP contribution in [0.5, 0.6) is 0 Å². The van der Waals surface area contributed by atoms with Gasteiger partial charge in [-0.05, 0) is 19.9 Å². The predicted octanol–water partition coefficient (Wildman–Crippen LogP) is -0.293. The van der Waals surface area contributed by atoms with Gasteiger partial charge in [0.1, 0.15) is 0 Å². The van der Waals surface area contributed by atoms with Gasteiger partial charge in [0.15, 0.2) is 0 Å². The van der Waals surface area contributed by atoms with Crippen LogP contribution in [0.3, 0.4) is 0 Å². The summed E-state index contributed by atoms with van der Waals surface area (Å²) in [5, 5.41) is 9.90. The molecule has 0 aromatic heterocycles. The Morgan fingerprint density at radius 1 is 1.30 bits per heavy atom. The lowest BCUT2D eigenvalue weighted by Crippen LogP contribution is -2.59. The van der Waals surface area contributed by atoms with Crippen molar-refractivity contribution in [2.45, 2.75) is 26.1 Å². The lowest BCUT2D eigenvalue weighted by Gasteiger charge is -2.35. The van der Waals surface area contributed by atoms with Gasteiger partial charge in [-0.1, -0.05) is 6.92 Å². The van der Waals surface area contributed by atoms with E-state index >= 15 is 0 Å². The zero-order valence-electron chi connectivity index (χ0n) is 6.94. The summed E-state index contributed by atoms with van der Waals surface area (Å²) < 4.78 is 0. The van der Waals surface area contributed by atoms with Crippen molar-refractivity contribution in [1.29, 1.82) is 0 Å². The van der Waals surface area contributed by atoms with Gasteiger partial charge >= 0.3 is 0 Å². The quantitative estimate of drug-likeness (QED) is 0.472. The summed E-state index contributed by atoms with van der Waals surface area (Å²) in [6.07, 6.45) is 0.469. The molecule has 0 spiro atoms. The summed E-state index contributed by atoms with van der Waals surface area (Å²) in [7, 11) is 1.99. The summed E-state index contributed by atoms with van der Waals surface area (Å²) in [6.45, 7) is 5.37. The summed E-state index contributed by atoms with van der Waals surface area (Å²) >= 11 is 0. The Balaban J connectivity index is 2.42. The van der Waals surface area contributed by atoms with Crippen molar-refractivity contribution in [1.82, 2.24) is 16.0 Å². The maximum Gasteiger partial charge on any atom is 0.0620 e. The van der Waals surface area contributed by atoms with Gasteiger partial charge in [0.2, 0.25) is 0 Å². The molecular weight excluding hydrogens is 126 g/mol. The van der Waals surface area contributed by atoms with Crippen molar-refractivity contribution in [3.63, 3.8) is 0 Å². The highest BCUT2D eigenvalue weighted by Crippen LogP contribution is 2.08. The Morgan fingerprint density at radius 3 is 2.50 bits per heavy atom. The largest absolute Gasteiger partial charge is 0.305 e.